The van der Waals surface area contributed by atoms with Gasteiger partial charge in [0.1, 0.15) is 5.82 Å². The van der Waals surface area contributed by atoms with Crippen molar-refractivity contribution in [2.75, 3.05) is 44.2 Å². The molecular formula is C29H30FN5O3. The molecule has 8 nitrogen and oxygen atoms in total. The van der Waals surface area contributed by atoms with Crippen molar-refractivity contribution in [1.82, 2.24) is 19.4 Å². The van der Waals surface area contributed by atoms with Gasteiger partial charge in [-0.1, -0.05) is 30.3 Å². The molecule has 2 aromatic heterocycles. The van der Waals surface area contributed by atoms with Gasteiger partial charge in [0.15, 0.2) is 5.76 Å². The fraction of sp³-hybridized carbons (Fsp3) is 0.345. The molecule has 0 atom stereocenters. The lowest BCUT2D eigenvalue weighted by Gasteiger charge is -2.38. The number of anilines is 1. The molecule has 38 heavy (non-hydrogen) atoms. The van der Waals surface area contributed by atoms with Gasteiger partial charge in [0.05, 0.1) is 23.8 Å². The molecule has 9 heteroatoms. The van der Waals surface area contributed by atoms with Crippen molar-refractivity contribution in [3.05, 3.63) is 84.1 Å². The first kappa shape index (κ1) is 24.2. The van der Waals surface area contributed by atoms with Crippen LogP contribution < -0.4 is 4.90 Å². The Morgan fingerprint density at radius 2 is 1.58 bits per heavy atom. The number of rotatable bonds is 5. The number of halogens is 1. The molecule has 0 unspecified atom stereocenters. The first-order chi connectivity index (χ1) is 18.6. The minimum absolute atomic E-state index is 0.0528. The summed E-state index contributed by atoms with van der Waals surface area (Å²) < 4.78 is 21.8. The number of amides is 2. The molecule has 0 N–H and O–H groups in total. The average Bonchev–Trinajstić information content (AvgIpc) is 3.63. The molecular weight excluding hydrogens is 485 g/mol. The Labute approximate surface area is 220 Å². The molecule has 0 radical (unpaired) electrons. The van der Waals surface area contributed by atoms with Gasteiger partial charge >= 0.3 is 0 Å². The molecule has 2 aliphatic heterocycles. The van der Waals surface area contributed by atoms with Crippen LogP contribution in [0.1, 0.15) is 29.0 Å². The summed E-state index contributed by atoms with van der Waals surface area (Å²) in [5, 5.41) is 0. The van der Waals surface area contributed by atoms with E-state index >= 15 is 0 Å². The van der Waals surface area contributed by atoms with Gasteiger partial charge in [-0.3, -0.25) is 9.59 Å². The van der Waals surface area contributed by atoms with Gasteiger partial charge in [-0.25, -0.2) is 9.37 Å². The smallest absolute Gasteiger partial charge is 0.289 e. The van der Waals surface area contributed by atoms with E-state index in [9.17, 15) is 14.0 Å². The van der Waals surface area contributed by atoms with Crippen LogP contribution in [0.5, 0.6) is 0 Å². The fourth-order valence-corrected chi connectivity index (χ4v) is 5.53. The highest BCUT2D eigenvalue weighted by atomic mass is 19.1. The minimum Gasteiger partial charge on any atom is -0.459 e. The molecule has 2 aliphatic rings. The maximum atomic E-state index is 14.5. The van der Waals surface area contributed by atoms with E-state index in [-0.39, 0.29) is 23.5 Å². The summed E-state index contributed by atoms with van der Waals surface area (Å²) in [4.78, 5) is 36.6. The van der Waals surface area contributed by atoms with Crippen molar-refractivity contribution in [2.45, 2.75) is 19.4 Å². The van der Waals surface area contributed by atoms with Crippen molar-refractivity contribution >= 4 is 28.8 Å². The van der Waals surface area contributed by atoms with Crippen LogP contribution >= 0.6 is 0 Å². The Hall–Kier alpha value is -4.14. The Kier molecular flexibility index (Phi) is 6.57. The zero-order valence-corrected chi connectivity index (χ0v) is 21.1. The number of hydrogen-bond donors (Lipinski definition) is 0. The van der Waals surface area contributed by atoms with E-state index < -0.39 is 0 Å². The molecule has 0 aliphatic carbocycles. The van der Waals surface area contributed by atoms with Crippen molar-refractivity contribution in [1.29, 1.82) is 0 Å². The number of furan rings is 1. The Balaban J connectivity index is 1.11. The first-order valence-corrected chi connectivity index (χ1v) is 13.1. The van der Waals surface area contributed by atoms with Gasteiger partial charge in [0.25, 0.3) is 5.91 Å². The SMILES string of the molecule is O=C(c1ccco1)N1CCN(C(=O)C2CCN(c3nc4ccccc4n3Cc3ccccc3F)CC2)CC1. The van der Waals surface area contributed by atoms with Gasteiger partial charge in [-0.05, 0) is 43.2 Å². The number of piperazine rings is 1. The van der Waals surface area contributed by atoms with Crippen LogP contribution in [0.2, 0.25) is 0 Å². The summed E-state index contributed by atoms with van der Waals surface area (Å²) in [5.41, 5.74) is 2.46. The highest BCUT2D eigenvalue weighted by Crippen LogP contribution is 2.29. The Morgan fingerprint density at radius 1 is 0.868 bits per heavy atom. The van der Waals surface area contributed by atoms with Crippen LogP contribution in [-0.4, -0.2) is 70.4 Å². The van der Waals surface area contributed by atoms with Crippen LogP contribution in [0.3, 0.4) is 0 Å². The number of fused-ring (bicyclic) bond motifs is 1. The quantitative estimate of drug-likeness (QED) is 0.402. The monoisotopic (exact) mass is 515 g/mol. The molecule has 6 rings (SSSR count). The molecule has 0 bridgehead atoms. The van der Waals surface area contributed by atoms with Gasteiger partial charge in [-0.2, -0.15) is 0 Å². The lowest BCUT2D eigenvalue weighted by molar-refractivity contribution is -0.137. The Bertz CT molecular complexity index is 1430. The number of carbonyl (C=O) groups excluding carboxylic acids is 2. The molecule has 4 heterocycles. The maximum Gasteiger partial charge on any atom is 0.289 e. The number of benzene rings is 2. The third-order valence-corrected chi connectivity index (χ3v) is 7.66. The molecule has 0 spiro atoms. The number of carbonyl (C=O) groups is 2. The predicted molar refractivity (Wildman–Crippen MR) is 141 cm³/mol. The van der Waals surface area contributed by atoms with Gasteiger partial charge in [-0.15, -0.1) is 0 Å². The van der Waals surface area contributed by atoms with E-state index in [4.69, 9.17) is 9.40 Å². The largest absolute Gasteiger partial charge is 0.459 e. The standard InChI is InChI=1S/C29H30FN5O3/c30-23-7-2-1-6-22(23)20-35-25-9-4-3-8-24(25)31-29(35)34-13-11-21(12-14-34)27(36)32-15-17-33(18-16-32)28(37)26-10-5-19-38-26/h1-10,19,21H,11-18,20H2. The van der Waals surface area contributed by atoms with Crippen molar-refractivity contribution in [3.63, 3.8) is 0 Å². The minimum atomic E-state index is -0.230. The van der Waals surface area contributed by atoms with E-state index in [1.165, 1.54) is 12.3 Å². The number of imidazole rings is 1. The van der Waals surface area contributed by atoms with Crippen molar-refractivity contribution in [2.24, 2.45) is 5.92 Å². The van der Waals surface area contributed by atoms with Crippen LogP contribution in [0.4, 0.5) is 10.3 Å². The van der Waals surface area contributed by atoms with E-state index in [1.54, 1.807) is 29.2 Å². The van der Waals surface area contributed by atoms with E-state index in [2.05, 4.69) is 9.47 Å². The van der Waals surface area contributed by atoms with Gasteiger partial charge in [0, 0.05) is 50.7 Å². The highest BCUT2D eigenvalue weighted by Gasteiger charge is 2.33. The van der Waals surface area contributed by atoms with Crippen LogP contribution in [0.25, 0.3) is 11.0 Å². The second-order valence-corrected chi connectivity index (χ2v) is 9.93. The maximum absolute atomic E-state index is 14.5. The molecule has 2 saturated heterocycles. The third kappa shape index (κ3) is 4.64. The fourth-order valence-electron chi connectivity index (χ4n) is 5.53. The van der Waals surface area contributed by atoms with Gasteiger partial charge in [0.2, 0.25) is 11.9 Å². The molecule has 2 amide bonds. The van der Waals surface area contributed by atoms with Crippen LogP contribution in [0, 0.1) is 11.7 Å². The van der Waals surface area contributed by atoms with E-state index in [0.29, 0.717) is 57.1 Å². The number of piperidine rings is 1. The summed E-state index contributed by atoms with van der Waals surface area (Å²) in [6.07, 6.45) is 2.95. The van der Waals surface area contributed by atoms with Crippen molar-refractivity contribution in [3.8, 4) is 0 Å². The van der Waals surface area contributed by atoms with E-state index in [1.807, 2.05) is 35.2 Å². The highest BCUT2D eigenvalue weighted by molar-refractivity contribution is 5.91. The topological polar surface area (TPSA) is 74.8 Å². The summed E-state index contributed by atoms with van der Waals surface area (Å²) >= 11 is 0. The molecule has 4 aromatic rings. The number of para-hydroxylation sites is 2. The Morgan fingerprint density at radius 3 is 2.32 bits per heavy atom. The molecule has 2 fully saturated rings. The number of hydrogen-bond acceptors (Lipinski definition) is 5. The normalized spacial score (nSPS) is 16.8. The zero-order chi connectivity index (χ0) is 26.1. The zero-order valence-electron chi connectivity index (χ0n) is 21.1. The van der Waals surface area contributed by atoms with Crippen LogP contribution in [-0.2, 0) is 11.3 Å². The third-order valence-electron chi connectivity index (χ3n) is 7.66. The van der Waals surface area contributed by atoms with Crippen molar-refractivity contribution < 1.29 is 18.4 Å². The summed E-state index contributed by atoms with van der Waals surface area (Å²) in [6, 6.07) is 18.1. The molecule has 196 valence electrons. The summed E-state index contributed by atoms with van der Waals surface area (Å²) in [7, 11) is 0. The lowest BCUT2D eigenvalue weighted by atomic mass is 9.95. The second kappa shape index (κ2) is 10.3. The van der Waals surface area contributed by atoms with Crippen LogP contribution in [0.15, 0.2) is 71.3 Å². The second-order valence-electron chi connectivity index (χ2n) is 9.93. The summed E-state index contributed by atoms with van der Waals surface area (Å²) in [6.45, 7) is 3.87. The van der Waals surface area contributed by atoms with E-state index in [0.717, 1.165) is 29.8 Å². The first-order valence-electron chi connectivity index (χ1n) is 13.1. The lowest BCUT2D eigenvalue weighted by Crippen LogP contribution is -2.53. The number of aromatic nitrogens is 2. The predicted octanol–water partition coefficient (Wildman–Crippen LogP) is 4.02. The molecule has 2 aromatic carbocycles. The average molecular weight is 516 g/mol. The summed E-state index contributed by atoms with van der Waals surface area (Å²) in [5.74, 6) is 0.890. The number of nitrogens with zero attached hydrogens (tertiary/aromatic N) is 5. The molecule has 0 saturated carbocycles. The van der Waals surface area contributed by atoms with Gasteiger partial charge < -0.3 is 23.7 Å².